The van der Waals surface area contributed by atoms with Crippen LogP contribution in [0.1, 0.15) is 17.9 Å². The van der Waals surface area contributed by atoms with Crippen molar-refractivity contribution in [3.63, 3.8) is 0 Å². The molecule has 0 radical (unpaired) electrons. The topological polar surface area (TPSA) is 99.7 Å². The summed E-state index contributed by atoms with van der Waals surface area (Å²) in [5.41, 5.74) is 6.71. The molecule has 5 N–H and O–H groups in total. The van der Waals surface area contributed by atoms with Crippen molar-refractivity contribution in [1.82, 2.24) is 10.6 Å². The summed E-state index contributed by atoms with van der Waals surface area (Å²) in [5.74, 6) is 0.00967. The van der Waals surface area contributed by atoms with Crippen LogP contribution in [0.15, 0.2) is 35.5 Å². The van der Waals surface area contributed by atoms with Gasteiger partial charge in [0.2, 0.25) is 5.91 Å². The van der Waals surface area contributed by atoms with Gasteiger partial charge in [-0.15, -0.1) is 0 Å². The smallest absolute Gasteiger partial charge is 0.221 e. The second kappa shape index (κ2) is 6.19. The van der Waals surface area contributed by atoms with Crippen LogP contribution in [-0.4, -0.2) is 36.1 Å². The van der Waals surface area contributed by atoms with Crippen LogP contribution < -0.4 is 16.4 Å². The van der Waals surface area contributed by atoms with Gasteiger partial charge in [-0.3, -0.25) is 4.79 Å². The molecule has 1 heterocycles. The Hall–Kier alpha value is -2.08. The Morgan fingerprint density at radius 1 is 1.53 bits per heavy atom. The van der Waals surface area contributed by atoms with E-state index in [0.717, 1.165) is 5.56 Å². The molecule has 0 spiro atoms. The highest BCUT2D eigenvalue weighted by Gasteiger charge is 2.23. The molecule has 0 bridgehead atoms. The summed E-state index contributed by atoms with van der Waals surface area (Å²) in [6.07, 6.45) is 0.470. The lowest BCUT2D eigenvalue weighted by Gasteiger charge is -2.19. The van der Waals surface area contributed by atoms with E-state index in [1.54, 1.807) is 0 Å². The average Bonchev–Trinajstić information content (AvgIpc) is 2.85. The van der Waals surface area contributed by atoms with Gasteiger partial charge >= 0.3 is 0 Å². The van der Waals surface area contributed by atoms with Crippen LogP contribution in [0.5, 0.6) is 0 Å². The van der Waals surface area contributed by atoms with Crippen molar-refractivity contribution in [2.75, 3.05) is 13.1 Å². The van der Waals surface area contributed by atoms with Gasteiger partial charge < -0.3 is 21.6 Å². The van der Waals surface area contributed by atoms with Gasteiger partial charge in [0.1, 0.15) is 5.84 Å². The molecule has 0 aliphatic carbocycles. The highest BCUT2D eigenvalue weighted by molar-refractivity contribution is 5.87. The van der Waals surface area contributed by atoms with Crippen LogP contribution in [0, 0.1) is 0 Å². The molecular formula is C13H18N4O2. The van der Waals surface area contributed by atoms with E-state index in [2.05, 4.69) is 15.8 Å². The average molecular weight is 262 g/mol. The maximum Gasteiger partial charge on any atom is 0.221 e. The fourth-order valence-electron chi connectivity index (χ4n) is 2.18. The van der Waals surface area contributed by atoms with E-state index in [9.17, 15) is 4.79 Å². The van der Waals surface area contributed by atoms with E-state index in [4.69, 9.17) is 10.9 Å². The first kappa shape index (κ1) is 13.4. The lowest BCUT2D eigenvalue weighted by atomic mass is 9.97. The SMILES string of the molecule is N/C(=N/O)C(CNC1CNC(=O)C1)c1ccccc1. The fourth-order valence-corrected chi connectivity index (χ4v) is 2.18. The number of benzene rings is 1. The number of carbonyl (C=O) groups excluding carboxylic acids is 1. The molecule has 2 atom stereocenters. The van der Waals surface area contributed by atoms with Crippen LogP contribution >= 0.6 is 0 Å². The zero-order chi connectivity index (χ0) is 13.7. The van der Waals surface area contributed by atoms with Gasteiger partial charge in [0.05, 0.1) is 5.92 Å². The quantitative estimate of drug-likeness (QED) is 0.260. The zero-order valence-corrected chi connectivity index (χ0v) is 10.5. The Balaban J connectivity index is 2.01. The number of amidine groups is 1. The second-order valence-electron chi connectivity index (χ2n) is 4.60. The number of nitrogens with zero attached hydrogens (tertiary/aromatic N) is 1. The molecule has 0 aromatic heterocycles. The van der Waals surface area contributed by atoms with Crippen molar-refractivity contribution in [1.29, 1.82) is 0 Å². The molecule has 6 nitrogen and oxygen atoms in total. The fraction of sp³-hybridized carbons (Fsp3) is 0.385. The van der Waals surface area contributed by atoms with Crippen LogP contribution in [0.2, 0.25) is 0 Å². The molecule has 0 saturated carbocycles. The summed E-state index contributed by atoms with van der Waals surface area (Å²) in [7, 11) is 0. The Bertz CT molecular complexity index is 461. The third kappa shape index (κ3) is 3.45. The van der Waals surface area contributed by atoms with E-state index in [1.165, 1.54) is 0 Å². The molecule has 1 aliphatic heterocycles. The lowest BCUT2D eigenvalue weighted by Crippen LogP contribution is -2.38. The third-order valence-electron chi connectivity index (χ3n) is 3.26. The van der Waals surface area contributed by atoms with Gasteiger partial charge in [0.25, 0.3) is 0 Å². The molecule has 2 rings (SSSR count). The van der Waals surface area contributed by atoms with Crippen LogP contribution in [-0.2, 0) is 4.79 Å². The van der Waals surface area contributed by atoms with Crippen LogP contribution in [0.4, 0.5) is 0 Å². The molecule has 19 heavy (non-hydrogen) atoms. The molecule has 1 aliphatic rings. The highest BCUT2D eigenvalue weighted by atomic mass is 16.4. The van der Waals surface area contributed by atoms with Crippen LogP contribution in [0.3, 0.4) is 0 Å². The minimum absolute atomic E-state index is 0.0533. The molecule has 1 amide bonds. The Labute approximate surface area is 111 Å². The Kier molecular flexibility index (Phi) is 4.35. The van der Waals surface area contributed by atoms with Crippen molar-refractivity contribution in [3.05, 3.63) is 35.9 Å². The van der Waals surface area contributed by atoms with Gasteiger partial charge in [-0.1, -0.05) is 35.5 Å². The normalized spacial score (nSPS) is 21.2. The second-order valence-corrected chi connectivity index (χ2v) is 4.60. The molecule has 6 heteroatoms. The van der Waals surface area contributed by atoms with E-state index < -0.39 is 0 Å². The maximum atomic E-state index is 11.1. The van der Waals surface area contributed by atoms with Gasteiger partial charge in [-0.2, -0.15) is 0 Å². The molecule has 102 valence electrons. The summed E-state index contributed by atoms with van der Waals surface area (Å²) in [5, 5.41) is 18.0. The summed E-state index contributed by atoms with van der Waals surface area (Å²) in [6, 6.07) is 9.71. The standard InChI is InChI=1S/C13H18N4O2/c14-13(17-19)11(9-4-2-1-3-5-9)8-15-10-6-12(18)16-7-10/h1-5,10-11,15,19H,6-8H2,(H2,14,17)(H,16,18). The first-order valence-corrected chi connectivity index (χ1v) is 6.23. The predicted molar refractivity (Wildman–Crippen MR) is 72.0 cm³/mol. The zero-order valence-electron chi connectivity index (χ0n) is 10.5. The van der Waals surface area contributed by atoms with Gasteiger partial charge in [0, 0.05) is 25.6 Å². The van der Waals surface area contributed by atoms with Crippen molar-refractivity contribution in [3.8, 4) is 0 Å². The van der Waals surface area contributed by atoms with Gasteiger partial charge in [0.15, 0.2) is 0 Å². The summed E-state index contributed by atoms with van der Waals surface area (Å²) in [4.78, 5) is 11.1. The predicted octanol–water partition coefficient (Wildman–Crippen LogP) is -0.00530. The first-order valence-electron chi connectivity index (χ1n) is 6.23. The molecule has 1 saturated heterocycles. The maximum absolute atomic E-state index is 11.1. The number of hydrogen-bond donors (Lipinski definition) is 4. The summed E-state index contributed by atoms with van der Waals surface area (Å²) < 4.78 is 0. The number of carbonyl (C=O) groups is 1. The van der Waals surface area contributed by atoms with E-state index >= 15 is 0 Å². The van der Waals surface area contributed by atoms with Crippen molar-refractivity contribution in [2.24, 2.45) is 10.9 Å². The van der Waals surface area contributed by atoms with Crippen molar-refractivity contribution >= 4 is 11.7 Å². The molecular weight excluding hydrogens is 244 g/mol. The molecule has 1 fully saturated rings. The molecule has 1 aromatic rings. The number of nitrogens with two attached hydrogens (primary N) is 1. The summed E-state index contributed by atoms with van der Waals surface area (Å²) in [6.45, 7) is 1.15. The Morgan fingerprint density at radius 3 is 2.84 bits per heavy atom. The number of amides is 1. The lowest BCUT2D eigenvalue weighted by molar-refractivity contribution is -0.119. The largest absolute Gasteiger partial charge is 0.409 e. The van der Waals surface area contributed by atoms with Crippen LogP contribution in [0.25, 0.3) is 0 Å². The summed E-state index contributed by atoms with van der Waals surface area (Å²) >= 11 is 0. The van der Waals surface area contributed by atoms with E-state index in [0.29, 0.717) is 19.5 Å². The number of nitrogens with one attached hydrogen (secondary N) is 2. The minimum atomic E-state index is -0.207. The Morgan fingerprint density at radius 2 is 2.26 bits per heavy atom. The minimum Gasteiger partial charge on any atom is -0.409 e. The van der Waals surface area contributed by atoms with Gasteiger partial charge in [-0.25, -0.2) is 0 Å². The first-order chi connectivity index (χ1) is 9.20. The number of oxime groups is 1. The monoisotopic (exact) mass is 262 g/mol. The van der Waals surface area contributed by atoms with E-state index in [-0.39, 0.29) is 23.7 Å². The van der Waals surface area contributed by atoms with Crippen molar-refractivity contribution in [2.45, 2.75) is 18.4 Å². The van der Waals surface area contributed by atoms with Gasteiger partial charge in [-0.05, 0) is 5.56 Å². The molecule has 2 unspecified atom stereocenters. The number of rotatable bonds is 5. The highest BCUT2D eigenvalue weighted by Crippen LogP contribution is 2.15. The van der Waals surface area contributed by atoms with Crippen molar-refractivity contribution < 1.29 is 10.0 Å². The number of hydrogen-bond acceptors (Lipinski definition) is 4. The van der Waals surface area contributed by atoms with E-state index in [1.807, 2.05) is 30.3 Å². The molecule has 1 aromatic carbocycles. The third-order valence-corrected chi connectivity index (χ3v) is 3.26.